The molecular formula is C20H24N4O. The Bertz CT molecular complexity index is 899. The Morgan fingerprint density at radius 3 is 2.64 bits per heavy atom. The van der Waals surface area contributed by atoms with Crippen LogP contribution in [0.4, 0.5) is 0 Å². The van der Waals surface area contributed by atoms with E-state index in [-0.39, 0.29) is 11.9 Å². The van der Waals surface area contributed by atoms with Crippen molar-refractivity contribution in [3.63, 3.8) is 0 Å². The Labute approximate surface area is 148 Å². The van der Waals surface area contributed by atoms with Gasteiger partial charge in [-0.3, -0.25) is 4.79 Å². The average molecular weight is 336 g/mol. The number of aryl methyl sites for hydroxylation is 2. The van der Waals surface area contributed by atoms with E-state index in [4.69, 9.17) is 5.10 Å². The highest BCUT2D eigenvalue weighted by molar-refractivity contribution is 5.79. The van der Waals surface area contributed by atoms with E-state index in [1.807, 2.05) is 61.7 Å². The van der Waals surface area contributed by atoms with Crippen molar-refractivity contribution in [2.45, 2.75) is 46.6 Å². The second-order valence-corrected chi connectivity index (χ2v) is 6.48. The fourth-order valence-electron chi connectivity index (χ4n) is 2.92. The molecule has 130 valence electrons. The highest BCUT2D eigenvalue weighted by Crippen LogP contribution is 2.22. The van der Waals surface area contributed by atoms with Crippen molar-refractivity contribution in [1.82, 2.24) is 19.9 Å². The first-order chi connectivity index (χ1) is 12.0. The smallest absolute Gasteiger partial charge is 0.224 e. The summed E-state index contributed by atoms with van der Waals surface area (Å²) in [4.78, 5) is 16.9. The van der Waals surface area contributed by atoms with Crippen LogP contribution in [-0.4, -0.2) is 26.5 Å². The van der Waals surface area contributed by atoms with E-state index in [0.29, 0.717) is 6.42 Å². The second-order valence-electron chi connectivity index (χ2n) is 6.48. The van der Waals surface area contributed by atoms with Crippen LogP contribution in [0.1, 0.15) is 37.2 Å². The van der Waals surface area contributed by atoms with Crippen molar-refractivity contribution >= 4 is 11.6 Å². The van der Waals surface area contributed by atoms with E-state index >= 15 is 0 Å². The highest BCUT2D eigenvalue weighted by atomic mass is 16.1. The lowest BCUT2D eigenvalue weighted by Crippen LogP contribution is -2.33. The normalized spacial score (nSPS) is 12.3. The molecule has 1 atom stereocenters. The molecule has 0 saturated carbocycles. The van der Waals surface area contributed by atoms with E-state index in [9.17, 15) is 4.79 Å². The number of fused-ring (bicyclic) bond motifs is 1. The van der Waals surface area contributed by atoms with Gasteiger partial charge in [-0.05, 0) is 27.2 Å². The number of carbonyl (C=O) groups is 1. The van der Waals surface area contributed by atoms with Gasteiger partial charge in [0.2, 0.25) is 5.91 Å². The molecule has 5 nitrogen and oxygen atoms in total. The first kappa shape index (κ1) is 17.1. The Morgan fingerprint density at radius 2 is 1.96 bits per heavy atom. The Hall–Kier alpha value is -2.69. The maximum absolute atomic E-state index is 12.3. The van der Waals surface area contributed by atoms with Gasteiger partial charge in [-0.25, -0.2) is 9.50 Å². The Balaban J connectivity index is 1.97. The number of amides is 1. The van der Waals surface area contributed by atoms with Crippen molar-refractivity contribution < 1.29 is 4.79 Å². The van der Waals surface area contributed by atoms with Gasteiger partial charge in [-0.15, -0.1) is 0 Å². The molecule has 1 unspecified atom stereocenters. The standard InChI is InChI=1S/C20H24N4O/c1-5-13(2)21-20(25)11-17-14(3)22-19-12-18(23-24(19)15(17)4)16-9-7-6-8-10-16/h6-10,12-13H,5,11H2,1-4H3,(H,21,25). The average Bonchev–Trinajstić information content (AvgIpc) is 3.03. The summed E-state index contributed by atoms with van der Waals surface area (Å²) in [5.74, 6) is 0.0251. The molecule has 1 amide bonds. The van der Waals surface area contributed by atoms with E-state index in [1.54, 1.807) is 0 Å². The molecule has 2 aromatic heterocycles. The van der Waals surface area contributed by atoms with E-state index < -0.39 is 0 Å². The summed E-state index contributed by atoms with van der Waals surface area (Å²) >= 11 is 0. The SMILES string of the molecule is CCC(C)NC(=O)Cc1c(C)nc2cc(-c3ccccc3)nn2c1C. The fraction of sp³-hybridized carbons (Fsp3) is 0.350. The van der Waals surface area contributed by atoms with E-state index in [0.717, 1.165) is 40.3 Å². The molecule has 0 saturated heterocycles. The van der Waals surface area contributed by atoms with Crippen molar-refractivity contribution in [3.05, 3.63) is 53.3 Å². The molecule has 3 rings (SSSR count). The predicted octanol–water partition coefficient (Wildman–Crippen LogP) is 3.47. The number of rotatable bonds is 5. The third-order valence-corrected chi connectivity index (χ3v) is 4.59. The lowest BCUT2D eigenvalue weighted by Gasteiger charge is -2.14. The van der Waals surface area contributed by atoms with Crippen molar-refractivity contribution in [3.8, 4) is 11.3 Å². The summed E-state index contributed by atoms with van der Waals surface area (Å²) in [6.45, 7) is 8.02. The van der Waals surface area contributed by atoms with Crippen LogP contribution < -0.4 is 5.32 Å². The monoisotopic (exact) mass is 336 g/mol. The van der Waals surface area contributed by atoms with E-state index in [1.165, 1.54) is 0 Å². The van der Waals surface area contributed by atoms with Gasteiger partial charge in [-0.1, -0.05) is 37.3 Å². The number of carbonyl (C=O) groups excluding carboxylic acids is 1. The zero-order valence-corrected chi connectivity index (χ0v) is 15.2. The summed E-state index contributed by atoms with van der Waals surface area (Å²) in [6.07, 6.45) is 1.24. The fourth-order valence-corrected chi connectivity index (χ4v) is 2.92. The van der Waals surface area contributed by atoms with Gasteiger partial charge < -0.3 is 5.32 Å². The third kappa shape index (κ3) is 3.55. The molecule has 3 aromatic rings. The van der Waals surface area contributed by atoms with Crippen molar-refractivity contribution in [2.24, 2.45) is 0 Å². The molecule has 25 heavy (non-hydrogen) atoms. The van der Waals surface area contributed by atoms with Gasteiger partial charge in [0.1, 0.15) is 0 Å². The molecular weight excluding hydrogens is 312 g/mol. The van der Waals surface area contributed by atoms with Gasteiger partial charge in [0, 0.05) is 34.6 Å². The van der Waals surface area contributed by atoms with Crippen LogP contribution in [0.5, 0.6) is 0 Å². The molecule has 1 aromatic carbocycles. The van der Waals surface area contributed by atoms with Gasteiger partial charge in [-0.2, -0.15) is 5.10 Å². The van der Waals surface area contributed by atoms with E-state index in [2.05, 4.69) is 17.2 Å². The number of nitrogens with one attached hydrogen (secondary N) is 1. The van der Waals surface area contributed by atoms with Gasteiger partial charge in [0.05, 0.1) is 12.1 Å². The van der Waals surface area contributed by atoms with Crippen molar-refractivity contribution in [2.75, 3.05) is 0 Å². The number of hydrogen-bond acceptors (Lipinski definition) is 3. The van der Waals surface area contributed by atoms with Crippen LogP contribution in [-0.2, 0) is 11.2 Å². The molecule has 0 spiro atoms. The molecule has 0 aliphatic rings. The zero-order valence-electron chi connectivity index (χ0n) is 15.2. The topological polar surface area (TPSA) is 59.3 Å². The minimum atomic E-state index is 0.0251. The molecule has 0 radical (unpaired) electrons. The first-order valence-corrected chi connectivity index (χ1v) is 8.70. The van der Waals surface area contributed by atoms with Crippen LogP contribution in [0.2, 0.25) is 0 Å². The van der Waals surface area contributed by atoms with Crippen LogP contribution in [0.25, 0.3) is 16.9 Å². The molecule has 0 aliphatic heterocycles. The first-order valence-electron chi connectivity index (χ1n) is 8.70. The molecule has 0 aliphatic carbocycles. The number of benzene rings is 1. The van der Waals surface area contributed by atoms with Crippen LogP contribution >= 0.6 is 0 Å². The largest absolute Gasteiger partial charge is 0.353 e. The summed E-state index contributed by atoms with van der Waals surface area (Å²) < 4.78 is 1.83. The second kappa shape index (κ2) is 7.05. The van der Waals surface area contributed by atoms with Crippen LogP contribution in [0.3, 0.4) is 0 Å². The lowest BCUT2D eigenvalue weighted by molar-refractivity contribution is -0.121. The maximum Gasteiger partial charge on any atom is 0.224 e. The van der Waals surface area contributed by atoms with Gasteiger partial charge in [0.15, 0.2) is 5.65 Å². The summed E-state index contributed by atoms with van der Waals surface area (Å²) in [5.41, 5.74) is 5.53. The Kier molecular flexibility index (Phi) is 4.83. The quantitative estimate of drug-likeness (QED) is 0.776. The molecule has 1 N–H and O–H groups in total. The third-order valence-electron chi connectivity index (χ3n) is 4.59. The Morgan fingerprint density at radius 1 is 1.24 bits per heavy atom. The molecule has 2 heterocycles. The number of aromatic nitrogens is 3. The lowest BCUT2D eigenvalue weighted by atomic mass is 10.1. The molecule has 5 heteroatoms. The number of nitrogens with zero attached hydrogens (tertiary/aromatic N) is 3. The van der Waals surface area contributed by atoms with Crippen molar-refractivity contribution in [1.29, 1.82) is 0 Å². The number of hydrogen-bond donors (Lipinski definition) is 1. The van der Waals surface area contributed by atoms with Crippen LogP contribution in [0, 0.1) is 13.8 Å². The zero-order chi connectivity index (χ0) is 18.0. The summed E-state index contributed by atoms with van der Waals surface area (Å²) in [5, 5.41) is 7.71. The van der Waals surface area contributed by atoms with Crippen LogP contribution in [0.15, 0.2) is 36.4 Å². The minimum Gasteiger partial charge on any atom is -0.353 e. The maximum atomic E-state index is 12.3. The van der Waals surface area contributed by atoms with Gasteiger partial charge in [0.25, 0.3) is 0 Å². The van der Waals surface area contributed by atoms with Gasteiger partial charge >= 0.3 is 0 Å². The molecule has 0 fully saturated rings. The minimum absolute atomic E-state index is 0.0251. The predicted molar refractivity (Wildman–Crippen MR) is 99.5 cm³/mol. The summed E-state index contributed by atoms with van der Waals surface area (Å²) in [6, 6.07) is 12.2. The molecule has 0 bridgehead atoms. The highest BCUT2D eigenvalue weighted by Gasteiger charge is 2.16. The summed E-state index contributed by atoms with van der Waals surface area (Å²) in [7, 11) is 0.